The van der Waals surface area contributed by atoms with Crippen molar-refractivity contribution in [3.8, 4) is 0 Å². The van der Waals surface area contributed by atoms with Crippen LogP contribution in [0.4, 0.5) is 22.0 Å². The molecular formula is C30H38N8O3. The van der Waals surface area contributed by atoms with E-state index in [1.54, 1.807) is 25.2 Å². The molecule has 11 heteroatoms. The number of amides is 4. The summed E-state index contributed by atoms with van der Waals surface area (Å²) in [6, 6.07) is 11.2. The van der Waals surface area contributed by atoms with E-state index in [1.807, 2.05) is 41.1 Å². The van der Waals surface area contributed by atoms with Crippen LogP contribution in [-0.4, -0.2) is 64.7 Å². The van der Waals surface area contributed by atoms with Gasteiger partial charge >= 0.3 is 6.03 Å². The molecule has 1 saturated heterocycles. The third-order valence-corrected chi connectivity index (χ3v) is 7.57. The Morgan fingerprint density at radius 2 is 1.88 bits per heavy atom. The van der Waals surface area contributed by atoms with Gasteiger partial charge in [0, 0.05) is 75.6 Å². The summed E-state index contributed by atoms with van der Waals surface area (Å²) in [5.74, 6) is 0.861. The maximum absolute atomic E-state index is 13.5. The lowest BCUT2D eigenvalue weighted by Gasteiger charge is -2.33. The van der Waals surface area contributed by atoms with Crippen LogP contribution in [0, 0.1) is 0 Å². The minimum atomic E-state index is -0.226. The number of fused-ring (bicyclic) bond motifs is 1. The first-order valence-corrected chi connectivity index (χ1v) is 14.1. The Kier molecular flexibility index (Phi) is 7.96. The van der Waals surface area contributed by atoms with Crippen LogP contribution in [0.5, 0.6) is 0 Å². The maximum atomic E-state index is 13.5. The van der Waals surface area contributed by atoms with E-state index in [2.05, 4.69) is 36.3 Å². The number of urea groups is 1. The van der Waals surface area contributed by atoms with E-state index in [9.17, 15) is 14.4 Å². The van der Waals surface area contributed by atoms with Gasteiger partial charge in [-0.25, -0.2) is 9.78 Å². The molecule has 1 fully saturated rings. The van der Waals surface area contributed by atoms with Crippen LogP contribution in [0.1, 0.15) is 72.9 Å². The Morgan fingerprint density at radius 3 is 2.49 bits per heavy atom. The molecular weight excluding hydrogens is 520 g/mol. The van der Waals surface area contributed by atoms with Gasteiger partial charge in [-0.2, -0.15) is 5.10 Å². The SMILES string of the molecule is CC1CN(c2ccc(N3CCCC3=O)cn2)Cc2c(C(=O)NCc3ccc(NC(=O)N(C)C)cc3)nn(C(C)C)c21. The highest BCUT2D eigenvalue weighted by molar-refractivity contribution is 5.95. The Labute approximate surface area is 240 Å². The lowest BCUT2D eigenvalue weighted by Crippen LogP contribution is -2.35. The zero-order valence-corrected chi connectivity index (χ0v) is 24.3. The fraction of sp³-hybridized carbons (Fsp3) is 0.433. The minimum absolute atomic E-state index is 0.111. The van der Waals surface area contributed by atoms with Gasteiger partial charge in [-0.3, -0.25) is 14.3 Å². The molecule has 216 valence electrons. The highest BCUT2D eigenvalue weighted by Crippen LogP contribution is 2.35. The summed E-state index contributed by atoms with van der Waals surface area (Å²) in [7, 11) is 3.37. The number of hydrogen-bond donors (Lipinski definition) is 2. The van der Waals surface area contributed by atoms with Gasteiger partial charge in [-0.15, -0.1) is 0 Å². The molecule has 2 aromatic heterocycles. The molecule has 1 unspecified atom stereocenters. The largest absolute Gasteiger partial charge is 0.351 e. The fourth-order valence-electron chi connectivity index (χ4n) is 5.44. The Bertz CT molecular complexity index is 1430. The van der Waals surface area contributed by atoms with Gasteiger partial charge < -0.3 is 25.3 Å². The zero-order valence-electron chi connectivity index (χ0n) is 24.3. The van der Waals surface area contributed by atoms with Crippen LogP contribution in [-0.2, 0) is 17.9 Å². The zero-order chi connectivity index (χ0) is 29.3. The van der Waals surface area contributed by atoms with Crippen LogP contribution < -0.4 is 20.4 Å². The summed E-state index contributed by atoms with van der Waals surface area (Å²) < 4.78 is 1.98. The minimum Gasteiger partial charge on any atom is -0.351 e. The lowest BCUT2D eigenvalue weighted by molar-refractivity contribution is -0.117. The number of nitrogens with zero attached hydrogens (tertiary/aromatic N) is 6. The average molecular weight is 559 g/mol. The van der Waals surface area contributed by atoms with Gasteiger partial charge in [0.15, 0.2) is 5.69 Å². The van der Waals surface area contributed by atoms with Gasteiger partial charge in [0.25, 0.3) is 5.91 Å². The van der Waals surface area contributed by atoms with Crippen molar-refractivity contribution in [2.45, 2.75) is 58.7 Å². The predicted molar refractivity (Wildman–Crippen MR) is 158 cm³/mol. The number of carbonyl (C=O) groups is 3. The van der Waals surface area contributed by atoms with E-state index in [4.69, 9.17) is 10.1 Å². The molecule has 1 aromatic carbocycles. The number of aromatic nitrogens is 3. The normalized spacial score (nSPS) is 16.6. The van der Waals surface area contributed by atoms with Crippen molar-refractivity contribution in [2.75, 3.05) is 42.3 Å². The van der Waals surface area contributed by atoms with E-state index < -0.39 is 0 Å². The monoisotopic (exact) mass is 558 g/mol. The third kappa shape index (κ3) is 5.89. The van der Waals surface area contributed by atoms with Gasteiger partial charge in [0.1, 0.15) is 5.82 Å². The number of nitrogens with one attached hydrogen (secondary N) is 2. The van der Waals surface area contributed by atoms with E-state index in [-0.39, 0.29) is 29.8 Å². The lowest BCUT2D eigenvalue weighted by atomic mass is 9.95. The van der Waals surface area contributed by atoms with Gasteiger partial charge in [-0.05, 0) is 50.1 Å². The molecule has 11 nitrogen and oxygen atoms in total. The maximum Gasteiger partial charge on any atom is 0.321 e. The van der Waals surface area contributed by atoms with Gasteiger partial charge in [0.05, 0.1) is 11.9 Å². The number of pyridine rings is 1. The second kappa shape index (κ2) is 11.6. The summed E-state index contributed by atoms with van der Waals surface area (Å²) in [6.07, 6.45) is 3.22. The molecule has 4 amide bonds. The van der Waals surface area contributed by atoms with E-state index in [0.717, 1.165) is 47.8 Å². The molecule has 0 spiro atoms. The second-order valence-corrected chi connectivity index (χ2v) is 11.3. The number of hydrogen-bond acceptors (Lipinski definition) is 6. The van der Waals surface area contributed by atoms with Crippen molar-refractivity contribution in [1.29, 1.82) is 0 Å². The first kappa shape index (κ1) is 28.1. The molecule has 1 atom stereocenters. The molecule has 5 rings (SSSR count). The van der Waals surface area contributed by atoms with Gasteiger partial charge in [0.2, 0.25) is 5.91 Å². The van der Waals surface area contributed by atoms with Crippen LogP contribution in [0.15, 0.2) is 42.6 Å². The molecule has 2 N–H and O–H groups in total. The van der Waals surface area contributed by atoms with E-state index in [1.165, 1.54) is 4.90 Å². The average Bonchev–Trinajstić information content (AvgIpc) is 3.56. The van der Waals surface area contributed by atoms with E-state index in [0.29, 0.717) is 30.9 Å². The Balaban J connectivity index is 1.32. The second-order valence-electron chi connectivity index (χ2n) is 11.3. The van der Waals surface area contributed by atoms with Gasteiger partial charge in [-0.1, -0.05) is 19.1 Å². The standard InChI is InChI=1S/C30H38N8O3/c1-19(2)38-28-20(3)17-36(25-13-12-23(16-31-25)37-14-6-7-26(37)39)18-24(28)27(34-38)29(40)32-15-21-8-10-22(11-9-21)33-30(41)35(4)5/h8-13,16,19-20H,6-7,14-15,17-18H2,1-5H3,(H,32,40)(H,33,41). The van der Waals surface area contributed by atoms with Crippen LogP contribution in [0.25, 0.3) is 0 Å². The number of benzene rings is 1. The first-order valence-electron chi connectivity index (χ1n) is 14.1. The molecule has 0 saturated carbocycles. The molecule has 2 aliphatic heterocycles. The molecule has 0 aliphatic carbocycles. The Hall–Kier alpha value is -4.41. The topological polar surface area (TPSA) is 116 Å². The highest BCUT2D eigenvalue weighted by Gasteiger charge is 2.33. The fourth-order valence-corrected chi connectivity index (χ4v) is 5.44. The summed E-state index contributed by atoms with van der Waals surface area (Å²) in [5, 5.41) is 10.6. The Morgan fingerprint density at radius 1 is 1.12 bits per heavy atom. The van der Waals surface area contributed by atoms with Crippen LogP contribution >= 0.6 is 0 Å². The highest BCUT2D eigenvalue weighted by atomic mass is 16.2. The van der Waals surface area contributed by atoms with E-state index >= 15 is 0 Å². The summed E-state index contributed by atoms with van der Waals surface area (Å²) in [5.41, 5.74) is 4.85. The number of carbonyl (C=O) groups excluding carboxylic acids is 3. The molecule has 3 aromatic rings. The quantitative estimate of drug-likeness (QED) is 0.451. The predicted octanol–water partition coefficient (Wildman–Crippen LogP) is 4.13. The van der Waals surface area contributed by atoms with Crippen molar-refractivity contribution >= 4 is 35.0 Å². The molecule has 0 radical (unpaired) electrons. The molecule has 2 aliphatic rings. The van der Waals surface area contributed by atoms with Crippen LogP contribution in [0.3, 0.4) is 0 Å². The molecule has 4 heterocycles. The first-order chi connectivity index (χ1) is 19.6. The van der Waals surface area contributed by atoms with Crippen molar-refractivity contribution in [2.24, 2.45) is 0 Å². The smallest absolute Gasteiger partial charge is 0.321 e. The number of rotatable bonds is 7. The van der Waals surface area contributed by atoms with Crippen molar-refractivity contribution in [1.82, 2.24) is 25.0 Å². The summed E-state index contributed by atoms with van der Waals surface area (Å²) in [4.78, 5) is 47.6. The van der Waals surface area contributed by atoms with Crippen molar-refractivity contribution in [3.63, 3.8) is 0 Å². The summed E-state index contributed by atoms with van der Waals surface area (Å²) >= 11 is 0. The van der Waals surface area contributed by atoms with Crippen LogP contribution in [0.2, 0.25) is 0 Å². The summed E-state index contributed by atoms with van der Waals surface area (Å²) in [6.45, 7) is 8.63. The van der Waals surface area contributed by atoms with Crippen molar-refractivity contribution in [3.05, 3.63) is 65.1 Å². The molecule has 0 bridgehead atoms. The number of anilines is 3. The molecule has 41 heavy (non-hydrogen) atoms. The third-order valence-electron chi connectivity index (χ3n) is 7.57. The van der Waals surface area contributed by atoms with Crippen molar-refractivity contribution < 1.29 is 14.4 Å².